The lowest BCUT2D eigenvalue weighted by Crippen LogP contribution is -2.19. The molecule has 1 aliphatic rings. The highest BCUT2D eigenvalue weighted by molar-refractivity contribution is 7.95. The third-order valence-electron chi connectivity index (χ3n) is 4.08. The highest BCUT2D eigenvalue weighted by Crippen LogP contribution is 2.38. The van der Waals surface area contributed by atoms with Crippen molar-refractivity contribution in [3.05, 3.63) is 45.7 Å². The average molecular weight is 390 g/mol. The normalized spacial score (nSPS) is 19.7. The third-order valence-corrected chi connectivity index (χ3v) is 5.80. The van der Waals surface area contributed by atoms with Crippen molar-refractivity contribution in [1.82, 2.24) is 14.5 Å². The Morgan fingerprint density at radius 2 is 2.16 bits per heavy atom. The maximum atomic E-state index is 12.9. The van der Waals surface area contributed by atoms with Gasteiger partial charge in [0.1, 0.15) is 22.0 Å². The Labute approximate surface area is 150 Å². The number of hydrogen-bond acceptors (Lipinski definition) is 3. The molecule has 0 amide bonds. The molecule has 4 nitrogen and oxygen atoms in total. The fourth-order valence-corrected chi connectivity index (χ4v) is 4.21. The van der Waals surface area contributed by atoms with Crippen molar-refractivity contribution >= 4 is 33.9 Å². The van der Waals surface area contributed by atoms with Gasteiger partial charge < -0.3 is 9.12 Å². The number of aromatic nitrogens is 3. The Morgan fingerprint density at radius 1 is 1.44 bits per heavy atom. The molecule has 0 N–H and O–H groups in total. The van der Waals surface area contributed by atoms with Gasteiger partial charge in [0.2, 0.25) is 0 Å². The summed E-state index contributed by atoms with van der Waals surface area (Å²) >= 11 is 4.81. The fraction of sp³-hybridized carbons (Fsp3) is 0.375. The van der Waals surface area contributed by atoms with E-state index in [9.17, 15) is 17.7 Å². The molecule has 134 valence electrons. The summed E-state index contributed by atoms with van der Waals surface area (Å²) in [5, 5.41) is 0.504. The zero-order chi connectivity index (χ0) is 18.4. The molecule has 0 aliphatic heterocycles. The maximum Gasteiger partial charge on any atom is 0.417 e. The Hall–Kier alpha value is -1.51. The van der Waals surface area contributed by atoms with E-state index in [0.717, 1.165) is 12.3 Å². The number of halogens is 4. The lowest BCUT2D eigenvalue weighted by molar-refractivity contribution is -0.137. The molecule has 2 atom stereocenters. The molecular weight excluding hydrogens is 375 g/mol. The zero-order valence-electron chi connectivity index (χ0n) is 13.5. The summed E-state index contributed by atoms with van der Waals surface area (Å²) < 4.78 is 52.7. The predicted octanol–water partition coefficient (Wildman–Crippen LogP) is 4.25. The predicted molar refractivity (Wildman–Crippen MR) is 91.6 cm³/mol. The number of imidazole rings is 1. The molecule has 3 rings (SSSR count). The summed E-state index contributed by atoms with van der Waals surface area (Å²) in [6, 6.07) is 0.984. The number of aryl methyl sites for hydroxylation is 1. The van der Waals surface area contributed by atoms with E-state index in [1.807, 2.05) is 0 Å². The van der Waals surface area contributed by atoms with Crippen LogP contribution >= 0.6 is 11.6 Å². The molecule has 0 spiro atoms. The van der Waals surface area contributed by atoms with Gasteiger partial charge >= 0.3 is 6.18 Å². The second kappa shape index (κ2) is 6.66. The first kappa shape index (κ1) is 18.3. The van der Waals surface area contributed by atoms with E-state index >= 15 is 0 Å². The van der Waals surface area contributed by atoms with Gasteiger partial charge in [-0.25, -0.2) is 9.97 Å². The number of alkyl halides is 3. The molecule has 0 radical (unpaired) electrons. The largest absolute Gasteiger partial charge is 0.612 e. The van der Waals surface area contributed by atoms with Crippen LogP contribution in [-0.4, -0.2) is 24.8 Å². The molecule has 2 aromatic heterocycles. The van der Waals surface area contributed by atoms with Gasteiger partial charge in [-0.3, -0.25) is 0 Å². The molecular formula is C16H15ClF3N3OS. The molecule has 2 aromatic rings. The number of fused-ring (bicyclic) bond motifs is 1. The number of hydrogen-bond donors (Lipinski definition) is 0. The Bertz CT molecular complexity index is 875. The third kappa shape index (κ3) is 3.43. The minimum absolute atomic E-state index is 0.162. The van der Waals surface area contributed by atoms with E-state index in [0.29, 0.717) is 33.6 Å². The maximum absolute atomic E-state index is 12.9. The number of pyridine rings is 1. The van der Waals surface area contributed by atoms with Gasteiger partial charge in [-0.05, 0) is 30.6 Å². The lowest BCUT2D eigenvalue weighted by Gasteiger charge is -2.23. The van der Waals surface area contributed by atoms with E-state index in [-0.39, 0.29) is 11.4 Å². The molecule has 1 aliphatic carbocycles. The molecule has 25 heavy (non-hydrogen) atoms. The van der Waals surface area contributed by atoms with Gasteiger partial charge in [0, 0.05) is 24.4 Å². The summed E-state index contributed by atoms with van der Waals surface area (Å²) in [5.41, 5.74) is -0.330. The summed E-state index contributed by atoms with van der Waals surface area (Å²) in [4.78, 5) is 8.90. The van der Waals surface area contributed by atoms with Crippen LogP contribution in [0.15, 0.2) is 34.4 Å². The fourth-order valence-electron chi connectivity index (χ4n) is 2.83. The van der Waals surface area contributed by atoms with Crippen molar-refractivity contribution in [2.75, 3.05) is 5.75 Å². The zero-order valence-corrected chi connectivity index (χ0v) is 15.0. The monoisotopic (exact) mass is 389 g/mol. The van der Waals surface area contributed by atoms with E-state index < -0.39 is 22.9 Å². The number of nitrogens with zero attached hydrogens (tertiary/aromatic N) is 3. The minimum Gasteiger partial charge on any atom is -0.612 e. The van der Waals surface area contributed by atoms with Gasteiger partial charge in [0.15, 0.2) is 5.65 Å². The quantitative estimate of drug-likeness (QED) is 0.737. The molecule has 2 heterocycles. The van der Waals surface area contributed by atoms with Crippen LogP contribution in [0.4, 0.5) is 13.2 Å². The SMILES string of the molecule is CC[S+]([O-])C1=CC(Cl)=CCC1c1nc2cc(C(F)(F)F)cnc2n1C. The van der Waals surface area contributed by atoms with Crippen LogP contribution in [0.25, 0.3) is 11.2 Å². The van der Waals surface area contributed by atoms with Crippen LogP contribution in [0, 0.1) is 0 Å². The Balaban J connectivity index is 2.09. The van der Waals surface area contributed by atoms with Crippen LogP contribution < -0.4 is 0 Å². The van der Waals surface area contributed by atoms with Gasteiger partial charge in [-0.1, -0.05) is 17.7 Å². The topological polar surface area (TPSA) is 53.8 Å². The van der Waals surface area contributed by atoms with E-state index in [1.165, 1.54) is 0 Å². The molecule has 0 saturated heterocycles. The number of rotatable bonds is 3. The standard InChI is InChI=1S/C16H15ClF3N3OS/c1-3-25(24)13-7-10(17)4-5-11(13)14-22-12-6-9(16(18,19)20)8-21-15(12)23(14)2/h4,6-8,11H,3,5H2,1-2H3. The first-order valence-electron chi connectivity index (χ1n) is 7.57. The molecule has 9 heteroatoms. The van der Waals surface area contributed by atoms with Gasteiger partial charge in [0.05, 0.1) is 11.5 Å². The highest BCUT2D eigenvalue weighted by Gasteiger charge is 2.34. The lowest BCUT2D eigenvalue weighted by atomic mass is 9.99. The molecule has 0 saturated carbocycles. The summed E-state index contributed by atoms with van der Waals surface area (Å²) in [7, 11) is 1.69. The summed E-state index contributed by atoms with van der Waals surface area (Å²) in [5.74, 6) is 0.638. The Kier molecular flexibility index (Phi) is 4.87. The van der Waals surface area contributed by atoms with Crippen LogP contribution in [0.5, 0.6) is 0 Å². The molecule has 2 unspecified atom stereocenters. The van der Waals surface area contributed by atoms with Crippen LogP contribution in [0.1, 0.15) is 30.7 Å². The van der Waals surface area contributed by atoms with Crippen molar-refractivity contribution in [2.45, 2.75) is 25.4 Å². The van der Waals surface area contributed by atoms with Crippen molar-refractivity contribution in [2.24, 2.45) is 7.05 Å². The first-order valence-corrected chi connectivity index (χ1v) is 9.27. The van der Waals surface area contributed by atoms with Crippen LogP contribution in [0.3, 0.4) is 0 Å². The second-order valence-corrected chi connectivity index (χ2v) is 7.83. The van der Waals surface area contributed by atoms with Crippen LogP contribution in [-0.2, 0) is 24.4 Å². The minimum atomic E-state index is -4.48. The van der Waals surface area contributed by atoms with Crippen molar-refractivity contribution in [3.8, 4) is 0 Å². The van der Waals surface area contributed by atoms with E-state index in [1.54, 1.807) is 30.7 Å². The smallest absolute Gasteiger partial charge is 0.417 e. The molecule has 0 fully saturated rings. The van der Waals surface area contributed by atoms with E-state index in [2.05, 4.69) is 9.97 Å². The van der Waals surface area contributed by atoms with Crippen molar-refractivity contribution < 1.29 is 17.7 Å². The van der Waals surface area contributed by atoms with Crippen LogP contribution in [0.2, 0.25) is 0 Å². The average Bonchev–Trinajstić information content (AvgIpc) is 2.89. The van der Waals surface area contributed by atoms with Crippen molar-refractivity contribution in [1.29, 1.82) is 0 Å². The second-order valence-electron chi connectivity index (χ2n) is 5.65. The van der Waals surface area contributed by atoms with Gasteiger partial charge in [0.25, 0.3) is 0 Å². The van der Waals surface area contributed by atoms with E-state index in [4.69, 9.17) is 11.6 Å². The molecule has 0 aromatic carbocycles. The first-order chi connectivity index (χ1) is 11.7. The number of allylic oxidation sites excluding steroid dienone is 4. The highest BCUT2D eigenvalue weighted by atomic mass is 35.5. The summed E-state index contributed by atoms with van der Waals surface area (Å²) in [6.07, 6.45) is 0.251. The van der Waals surface area contributed by atoms with Crippen molar-refractivity contribution in [3.63, 3.8) is 0 Å². The Morgan fingerprint density at radius 3 is 2.80 bits per heavy atom. The van der Waals surface area contributed by atoms with Gasteiger partial charge in [-0.2, -0.15) is 13.2 Å². The summed E-state index contributed by atoms with van der Waals surface area (Å²) in [6.45, 7) is 1.80. The van der Waals surface area contributed by atoms with Gasteiger partial charge in [-0.15, -0.1) is 0 Å². The molecule has 0 bridgehead atoms.